The monoisotopic (exact) mass is 506 g/mol. The molecule has 1 amide bonds. The first-order valence-electron chi connectivity index (χ1n) is 13.0. The number of carbonyl (C=O) groups is 1. The van der Waals surface area contributed by atoms with Gasteiger partial charge in [0.1, 0.15) is 17.5 Å². The number of H-pyrrole nitrogens is 1. The van der Waals surface area contributed by atoms with E-state index in [0.717, 1.165) is 48.1 Å². The van der Waals surface area contributed by atoms with E-state index >= 15 is 0 Å². The number of carbonyl (C=O) groups excluding carboxylic acids is 1. The summed E-state index contributed by atoms with van der Waals surface area (Å²) in [7, 11) is 0. The Bertz CT molecular complexity index is 1310. The smallest absolute Gasteiger partial charge is 0.270 e. The highest BCUT2D eigenvalue weighted by atomic mass is 19.3. The maximum absolute atomic E-state index is 13.7. The fourth-order valence-corrected chi connectivity index (χ4v) is 5.31. The van der Waals surface area contributed by atoms with Crippen molar-refractivity contribution in [2.45, 2.75) is 57.6 Å². The maximum Gasteiger partial charge on any atom is 0.270 e. The molecule has 5 rings (SSSR count). The summed E-state index contributed by atoms with van der Waals surface area (Å²) in [6.45, 7) is 6.44. The molecule has 0 saturated carbocycles. The first-order chi connectivity index (χ1) is 17.7. The van der Waals surface area contributed by atoms with Gasteiger partial charge in [0.25, 0.3) is 11.8 Å². The van der Waals surface area contributed by atoms with Crippen LogP contribution in [-0.4, -0.2) is 64.9 Å². The molecule has 3 heterocycles. The molecular formula is C29H32F2N4O2. The standard InChI is InChI=1S/C29H32F2N4O2/c1-19(2)34-13-9-22(10-14-34)37-23-7-8-25-24(17-23)26(21-5-3-20(18-32)4-6-21)27(33-25)28(36)35-15-11-29(30,31)12-16-35/h3-8,17,19,22,33H,9-16H2,1-2H3. The lowest BCUT2D eigenvalue weighted by molar-refractivity contribution is -0.0494. The van der Waals surface area contributed by atoms with Crippen molar-refractivity contribution >= 4 is 16.8 Å². The van der Waals surface area contributed by atoms with Crippen LogP contribution in [0.2, 0.25) is 0 Å². The summed E-state index contributed by atoms with van der Waals surface area (Å²) in [6, 6.07) is 15.5. The van der Waals surface area contributed by atoms with Crippen LogP contribution in [0.5, 0.6) is 5.75 Å². The van der Waals surface area contributed by atoms with Crippen LogP contribution in [0.1, 0.15) is 55.6 Å². The molecular weight excluding hydrogens is 474 g/mol. The number of piperidine rings is 2. The summed E-state index contributed by atoms with van der Waals surface area (Å²) < 4.78 is 33.8. The summed E-state index contributed by atoms with van der Waals surface area (Å²) in [5.41, 5.74) is 3.13. The fraction of sp³-hybridized carbons (Fsp3) is 0.448. The summed E-state index contributed by atoms with van der Waals surface area (Å²) in [5.74, 6) is -2.29. The average Bonchev–Trinajstić information content (AvgIpc) is 3.27. The maximum atomic E-state index is 13.7. The molecule has 8 heteroatoms. The normalized spacial score (nSPS) is 18.8. The molecule has 0 atom stereocenters. The molecule has 1 aromatic heterocycles. The van der Waals surface area contributed by atoms with Crippen LogP contribution in [0.4, 0.5) is 8.78 Å². The van der Waals surface area contributed by atoms with E-state index in [1.807, 2.05) is 30.3 Å². The molecule has 0 aliphatic carbocycles. The number of alkyl halides is 2. The zero-order chi connectivity index (χ0) is 26.2. The Morgan fingerprint density at radius 2 is 1.76 bits per heavy atom. The predicted octanol–water partition coefficient (Wildman–Crippen LogP) is 5.83. The minimum absolute atomic E-state index is 0.0114. The van der Waals surface area contributed by atoms with Crippen molar-refractivity contribution in [3.05, 3.63) is 53.7 Å². The topological polar surface area (TPSA) is 72.4 Å². The van der Waals surface area contributed by atoms with Gasteiger partial charge in [-0.15, -0.1) is 0 Å². The van der Waals surface area contributed by atoms with Crippen LogP contribution >= 0.6 is 0 Å². The number of halogens is 2. The molecule has 2 aromatic carbocycles. The van der Waals surface area contributed by atoms with Gasteiger partial charge in [0.05, 0.1) is 11.6 Å². The Morgan fingerprint density at radius 3 is 2.38 bits per heavy atom. The van der Waals surface area contributed by atoms with Gasteiger partial charge in [0, 0.05) is 61.5 Å². The summed E-state index contributed by atoms with van der Waals surface area (Å²) in [4.78, 5) is 20.7. The van der Waals surface area contributed by atoms with E-state index < -0.39 is 5.92 Å². The van der Waals surface area contributed by atoms with E-state index in [0.29, 0.717) is 22.9 Å². The van der Waals surface area contributed by atoms with Gasteiger partial charge >= 0.3 is 0 Å². The quantitative estimate of drug-likeness (QED) is 0.473. The van der Waals surface area contributed by atoms with Gasteiger partial charge in [0.15, 0.2) is 0 Å². The van der Waals surface area contributed by atoms with Gasteiger partial charge in [-0.3, -0.25) is 4.79 Å². The van der Waals surface area contributed by atoms with Crippen LogP contribution in [-0.2, 0) is 0 Å². The first-order valence-corrected chi connectivity index (χ1v) is 13.0. The van der Waals surface area contributed by atoms with Crippen molar-refractivity contribution in [2.24, 2.45) is 0 Å². The van der Waals surface area contributed by atoms with E-state index in [2.05, 4.69) is 29.8 Å². The van der Waals surface area contributed by atoms with Crippen LogP contribution in [0, 0.1) is 11.3 Å². The molecule has 2 fully saturated rings. The molecule has 2 aliphatic heterocycles. The summed E-state index contributed by atoms with van der Waals surface area (Å²) in [6.07, 6.45) is 1.36. The number of amides is 1. The second-order valence-corrected chi connectivity index (χ2v) is 10.4. The number of nitriles is 1. The second-order valence-electron chi connectivity index (χ2n) is 10.4. The van der Waals surface area contributed by atoms with E-state index in [-0.39, 0.29) is 37.9 Å². The van der Waals surface area contributed by atoms with E-state index in [9.17, 15) is 18.8 Å². The van der Waals surface area contributed by atoms with Crippen molar-refractivity contribution in [1.29, 1.82) is 5.26 Å². The number of aromatic amines is 1. The molecule has 0 unspecified atom stereocenters. The van der Waals surface area contributed by atoms with Gasteiger partial charge in [-0.25, -0.2) is 8.78 Å². The van der Waals surface area contributed by atoms with Crippen LogP contribution in [0.25, 0.3) is 22.0 Å². The number of hydrogen-bond acceptors (Lipinski definition) is 4. The Morgan fingerprint density at radius 1 is 1.08 bits per heavy atom. The Labute approximate surface area is 215 Å². The third-order valence-corrected chi connectivity index (χ3v) is 7.58. The third-order valence-electron chi connectivity index (χ3n) is 7.58. The van der Waals surface area contributed by atoms with Crippen LogP contribution in [0.15, 0.2) is 42.5 Å². The Kier molecular flexibility index (Phi) is 6.91. The van der Waals surface area contributed by atoms with Gasteiger partial charge in [0.2, 0.25) is 0 Å². The molecule has 0 spiro atoms. The SMILES string of the molecule is CC(C)N1CCC(Oc2ccc3[nH]c(C(=O)N4CCC(F)(F)CC4)c(-c4ccc(C#N)cc4)c3c2)CC1. The Balaban J connectivity index is 1.48. The van der Waals surface area contributed by atoms with Crippen molar-refractivity contribution in [1.82, 2.24) is 14.8 Å². The number of rotatable bonds is 5. The zero-order valence-corrected chi connectivity index (χ0v) is 21.3. The number of nitrogens with one attached hydrogen (secondary N) is 1. The van der Waals surface area contributed by atoms with Crippen LogP contribution in [0.3, 0.4) is 0 Å². The molecule has 3 aromatic rings. The average molecular weight is 507 g/mol. The lowest BCUT2D eigenvalue weighted by atomic mass is 9.99. The van der Waals surface area contributed by atoms with Gasteiger partial charge in [-0.1, -0.05) is 12.1 Å². The number of aromatic nitrogens is 1. The number of nitrogens with zero attached hydrogens (tertiary/aromatic N) is 3. The van der Waals surface area contributed by atoms with E-state index in [1.54, 1.807) is 12.1 Å². The second kappa shape index (κ2) is 10.1. The summed E-state index contributed by atoms with van der Waals surface area (Å²) in [5, 5.41) is 10.1. The highest BCUT2D eigenvalue weighted by Crippen LogP contribution is 2.37. The number of ether oxygens (including phenoxy) is 1. The lowest BCUT2D eigenvalue weighted by Crippen LogP contribution is -2.43. The minimum atomic E-state index is -2.73. The highest BCUT2D eigenvalue weighted by molar-refractivity contribution is 6.10. The Hall–Kier alpha value is -3.44. The van der Waals surface area contributed by atoms with Gasteiger partial charge in [-0.05, 0) is 62.6 Å². The largest absolute Gasteiger partial charge is 0.490 e. The molecule has 1 N–H and O–H groups in total. The third kappa shape index (κ3) is 5.33. The minimum Gasteiger partial charge on any atom is -0.490 e. The molecule has 0 bridgehead atoms. The molecule has 6 nitrogen and oxygen atoms in total. The van der Waals surface area contributed by atoms with Crippen molar-refractivity contribution in [2.75, 3.05) is 26.2 Å². The predicted molar refractivity (Wildman–Crippen MR) is 139 cm³/mol. The molecule has 37 heavy (non-hydrogen) atoms. The van der Waals surface area contributed by atoms with E-state index in [1.165, 1.54) is 4.90 Å². The lowest BCUT2D eigenvalue weighted by Gasteiger charge is -2.34. The molecule has 2 aliphatic rings. The number of hydrogen-bond donors (Lipinski definition) is 1. The fourth-order valence-electron chi connectivity index (χ4n) is 5.31. The molecule has 0 radical (unpaired) electrons. The molecule has 194 valence electrons. The van der Waals surface area contributed by atoms with Gasteiger partial charge in [-0.2, -0.15) is 5.26 Å². The molecule has 2 saturated heterocycles. The zero-order valence-electron chi connectivity index (χ0n) is 21.3. The van der Waals surface area contributed by atoms with Gasteiger partial charge < -0.3 is 19.5 Å². The van der Waals surface area contributed by atoms with Crippen molar-refractivity contribution in [3.63, 3.8) is 0 Å². The number of likely N-dealkylation sites (tertiary alicyclic amines) is 2. The first kappa shape index (κ1) is 25.2. The number of fused-ring (bicyclic) bond motifs is 1. The number of benzene rings is 2. The van der Waals surface area contributed by atoms with Crippen LogP contribution < -0.4 is 4.74 Å². The summed E-state index contributed by atoms with van der Waals surface area (Å²) >= 11 is 0. The van der Waals surface area contributed by atoms with Crippen molar-refractivity contribution in [3.8, 4) is 22.9 Å². The van der Waals surface area contributed by atoms with E-state index in [4.69, 9.17) is 4.74 Å². The highest BCUT2D eigenvalue weighted by Gasteiger charge is 2.37. The van der Waals surface area contributed by atoms with Crippen molar-refractivity contribution < 1.29 is 18.3 Å².